The van der Waals surface area contributed by atoms with E-state index in [0.29, 0.717) is 12.4 Å². The van der Waals surface area contributed by atoms with Crippen LogP contribution in [0.25, 0.3) is 0 Å². The van der Waals surface area contributed by atoms with Gasteiger partial charge in [0, 0.05) is 41.5 Å². The van der Waals surface area contributed by atoms with Crippen LogP contribution in [0.1, 0.15) is 47.1 Å². The van der Waals surface area contributed by atoms with Gasteiger partial charge < -0.3 is 14.7 Å². The Labute approximate surface area is 153 Å². The Hall–Kier alpha value is -2.66. The summed E-state index contributed by atoms with van der Waals surface area (Å²) >= 11 is 0. The van der Waals surface area contributed by atoms with Crippen LogP contribution in [-0.4, -0.2) is 36.4 Å². The molecular formula is C21H23NO4. The number of aliphatic hydroxyl groups is 1. The van der Waals surface area contributed by atoms with Gasteiger partial charge in [0.15, 0.2) is 0 Å². The molecular weight excluding hydrogens is 330 g/mol. The van der Waals surface area contributed by atoms with Crippen molar-refractivity contribution in [3.05, 3.63) is 59.2 Å². The summed E-state index contributed by atoms with van der Waals surface area (Å²) in [7, 11) is 0. The first-order valence-corrected chi connectivity index (χ1v) is 8.92. The molecule has 0 aliphatic heterocycles. The number of hydrogen-bond acceptors (Lipinski definition) is 5. The number of hydrogen-bond donors (Lipinski definition) is 1. The number of fused-ring (bicyclic) bond motifs is 1. The van der Waals surface area contributed by atoms with Gasteiger partial charge in [0.25, 0.3) is 0 Å². The molecule has 3 rings (SSSR count). The molecule has 0 unspecified atom stereocenters. The molecule has 136 valence electrons. The summed E-state index contributed by atoms with van der Waals surface area (Å²) < 4.78 is 5.70. The molecule has 5 heteroatoms. The lowest BCUT2D eigenvalue weighted by Crippen LogP contribution is -2.38. The SMILES string of the molecule is CCOc1cc(N(CC)CC)ccc1C1(O)C(=O)c2ccccc2C1=O. The zero-order valence-electron chi connectivity index (χ0n) is 15.3. The van der Waals surface area contributed by atoms with Crippen molar-refractivity contribution in [1.29, 1.82) is 0 Å². The van der Waals surface area contributed by atoms with Crippen molar-refractivity contribution >= 4 is 17.3 Å². The van der Waals surface area contributed by atoms with Crippen LogP contribution in [0.4, 0.5) is 5.69 Å². The highest BCUT2D eigenvalue weighted by Gasteiger charge is 2.54. The minimum atomic E-state index is -2.24. The maximum Gasteiger partial charge on any atom is 0.220 e. The fourth-order valence-corrected chi connectivity index (χ4v) is 3.49. The topological polar surface area (TPSA) is 66.8 Å². The smallest absolute Gasteiger partial charge is 0.220 e. The summed E-state index contributed by atoms with van der Waals surface area (Å²) in [4.78, 5) is 27.9. The first-order valence-electron chi connectivity index (χ1n) is 8.92. The molecule has 0 bridgehead atoms. The van der Waals surface area contributed by atoms with Gasteiger partial charge in [-0.05, 0) is 32.9 Å². The van der Waals surface area contributed by atoms with E-state index in [0.717, 1.165) is 18.8 Å². The van der Waals surface area contributed by atoms with Crippen LogP contribution in [0.2, 0.25) is 0 Å². The summed E-state index contributed by atoms with van der Waals surface area (Å²) in [5.74, 6) is -0.849. The van der Waals surface area contributed by atoms with Gasteiger partial charge in [0.1, 0.15) is 5.75 Å². The Morgan fingerprint density at radius 2 is 1.54 bits per heavy atom. The molecule has 26 heavy (non-hydrogen) atoms. The third-order valence-electron chi connectivity index (χ3n) is 4.86. The second-order valence-corrected chi connectivity index (χ2v) is 6.20. The van der Waals surface area contributed by atoms with Crippen molar-refractivity contribution in [1.82, 2.24) is 0 Å². The van der Waals surface area contributed by atoms with E-state index in [1.165, 1.54) is 0 Å². The Kier molecular flexibility index (Phi) is 4.83. The molecule has 0 aromatic heterocycles. The summed E-state index contributed by atoms with van der Waals surface area (Å²) in [6.45, 7) is 7.91. The zero-order valence-corrected chi connectivity index (χ0v) is 15.3. The number of Topliss-reactive ketones (excluding diaryl/α,β-unsaturated/α-hetero) is 2. The van der Waals surface area contributed by atoms with Crippen LogP contribution in [0.5, 0.6) is 5.75 Å². The van der Waals surface area contributed by atoms with Gasteiger partial charge in [-0.2, -0.15) is 0 Å². The summed E-state index contributed by atoms with van der Waals surface area (Å²) in [5, 5.41) is 11.2. The molecule has 2 aromatic carbocycles. The molecule has 0 saturated carbocycles. The third-order valence-corrected chi connectivity index (χ3v) is 4.86. The van der Waals surface area contributed by atoms with Crippen molar-refractivity contribution < 1.29 is 19.4 Å². The monoisotopic (exact) mass is 353 g/mol. The van der Waals surface area contributed by atoms with Gasteiger partial charge in [-0.15, -0.1) is 0 Å². The van der Waals surface area contributed by atoms with E-state index >= 15 is 0 Å². The fraction of sp³-hybridized carbons (Fsp3) is 0.333. The minimum Gasteiger partial charge on any atom is -0.493 e. The highest BCUT2D eigenvalue weighted by Crippen LogP contribution is 2.42. The maximum atomic E-state index is 12.9. The first kappa shape index (κ1) is 18.1. The fourth-order valence-electron chi connectivity index (χ4n) is 3.49. The highest BCUT2D eigenvalue weighted by molar-refractivity contribution is 6.32. The summed E-state index contributed by atoms with van der Waals surface area (Å²) in [6.07, 6.45) is 0. The average molecular weight is 353 g/mol. The van der Waals surface area contributed by atoms with Crippen molar-refractivity contribution in [3.8, 4) is 5.75 Å². The first-order chi connectivity index (χ1) is 12.5. The van der Waals surface area contributed by atoms with E-state index in [2.05, 4.69) is 4.90 Å². The predicted octanol–water partition coefficient (Wildman–Crippen LogP) is 3.20. The van der Waals surface area contributed by atoms with Crippen LogP contribution in [0.3, 0.4) is 0 Å². The summed E-state index contributed by atoms with van der Waals surface area (Å²) in [6, 6.07) is 11.7. The Morgan fingerprint density at radius 1 is 0.962 bits per heavy atom. The van der Waals surface area contributed by atoms with Crippen molar-refractivity contribution in [2.75, 3.05) is 24.6 Å². The second-order valence-electron chi connectivity index (χ2n) is 6.20. The number of rotatable bonds is 6. The van der Waals surface area contributed by atoms with Crippen molar-refractivity contribution in [2.24, 2.45) is 0 Å². The normalized spacial score (nSPS) is 15.1. The van der Waals surface area contributed by atoms with E-state index in [-0.39, 0.29) is 16.7 Å². The molecule has 1 aliphatic rings. The number of benzene rings is 2. The van der Waals surface area contributed by atoms with Gasteiger partial charge in [-0.1, -0.05) is 24.3 Å². The maximum absolute atomic E-state index is 12.9. The number of carbonyl (C=O) groups is 2. The van der Waals surface area contributed by atoms with E-state index in [4.69, 9.17) is 4.74 Å². The van der Waals surface area contributed by atoms with E-state index in [9.17, 15) is 14.7 Å². The van der Waals surface area contributed by atoms with Crippen LogP contribution in [0.15, 0.2) is 42.5 Å². The summed E-state index contributed by atoms with van der Waals surface area (Å²) in [5.41, 5.74) is -0.635. The average Bonchev–Trinajstić information content (AvgIpc) is 2.86. The molecule has 0 amide bonds. The second kappa shape index (κ2) is 6.92. The molecule has 1 N–H and O–H groups in total. The lowest BCUT2D eigenvalue weighted by molar-refractivity contribution is 0.0311. The van der Waals surface area contributed by atoms with E-state index < -0.39 is 17.2 Å². The Balaban J connectivity index is 2.14. The van der Waals surface area contributed by atoms with Crippen LogP contribution >= 0.6 is 0 Å². The lowest BCUT2D eigenvalue weighted by atomic mass is 9.87. The number of ether oxygens (including phenoxy) is 1. The number of ketones is 2. The highest BCUT2D eigenvalue weighted by atomic mass is 16.5. The largest absolute Gasteiger partial charge is 0.493 e. The zero-order chi connectivity index (χ0) is 18.9. The number of nitrogens with zero attached hydrogens (tertiary/aromatic N) is 1. The van der Waals surface area contributed by atoms with Crippen molar-refractivity contribution in [2.45, 2.75) is 26.4 Å². The molecule has 2 aromatic rings. The van der Waals surface area contributed by atoms with Gasteiger partial charge in [-0.25, -0.2) is 0 Å². The molecule has 0 atom stereocenters. The van der Waals surface area contributed by atoms with Gasteiger partial charge in [0.2, 0.25) is 17.2 Å². The Morgan fingerprint density at radius 3 is 2.04 bits per heavy atom. The van der Waals surface area contributed by atoms with Gasteiger partial charge in [-0.3, -0.25) is 9.59 Å². The molecule has 0 radical (unpaired) electrons. The molecule has 5 nitrogen and oxygen atoms in total. The van der Waals surface area contributed by atoms with Crippen LogP contribution in [-0.2, 0) is 5.60 Å². The molecule has 0 spiro atoms. The van der Waals surface area contributed by atoms with Gasteiger partial charge in [0.05, 0.1) is 6.61 Å². The van der Waals surface area contributed by atoms with Crippen LogP contribution < -0.4 is 9.64 Å². The quantitative estimate of drug-likeness (QED) is 0.808. The third kappa shape index (κ3) is 2.59. The van der Waals surface area contributed by atoms with E-state index in [1.807, 2.05) is 26.8 Å². The molecule has 0 fully saturated rings. The van der Waals surface area contributed by atoms with Gasteiger partial charge >= 0.3 is 0 Å². The molecule has 0 saturated heterocycles. The standard InChI is InChI=1S/C21H23NO4/c1-4-22(5-2)14-11-12-17(18(13-14)26-6-3)21(25)19(23)15-9-7-8-10-16(15)20(21)24/h7-13,25H,4-6H2,1-3H3. The van der Waals surface area contributed by atoms with E-state index in [1.54, 1.807) is 36.4 Å². The molecule has 1 aliphatic carbocycles. The van der Waals surface area contributed by atoms with Crippen molar-refractivity contribution in [3.63, 3.8) is 0 Å². The predicted molar refractivity (Wildman–Crippen MR) is 100 cm³/mol. The number of anilines is 1. The lowest BCUT2D eigenvalue weighted by Gasteiger charge is -2.26. The van der Waals surface area contributed by atoms with Crippen LogP contribution in [0, 0.1) is 0 Å². The minimum absolute atomic E-state index is 0.196. The molecule has 0 heterocycles. The Bertz CT molecular complexity index is 820. The number of carbonyl (C=O) groups excluding carboxylic acids is 2.